The Morgan fingerprint density at radius 2 is 1.64 bits per heavy atom. The van der Waals surface area contributed by atoms with Crippen molar-refractivity contribution in [2.45, 2.75) is 51.4 Å². The highest BCUT2D eigenvalue weighted by atomic mass is 28.3. The average molecular weight is 639 g/mol. The lowest BCUT2D eigenvalue weighted by Gasteiger charge is -2.38. The monoisotopic (exact) mass is 638 g/mol. The van der Waals surface area contributed by atoms with Gasteiger partial charge in [0.05, 0.1) is 11.1 Å². The number of rotatable bonds is 5. The number of benzene rings is 2. The smallest absolute Gasteiger partial charge is 0.363 e. The molecule has 45 heavy (non-hydrogen) atoms. The van der Waals surface area contributed by atoms with Crippen LogP contribution in [0.1, 0.15) is 92.1 Å². The van der Waals surface area contributed by atoms with Gasteiger partial charge in [-0.2, -0.15) is 0 Å². The number of amides is 2. The Labute approximate surface area is 285 Å². The minimum absolute atomic E-state index is 0.0477. The molecule has 0 radical (unpaired) electrons. The number of anilines is 1. The summed E-state index contributed by atoms with van der Waals surface area (Å²) in [5.74, 6) is -4.30. The van der Waals surface area contributed by atoms with E-state index in [1.165, 1.54) is 36.4 Å². The molecule has 0 unspecified atom stereocenters. The van der Waals surface area contributed by atoms with E-state index >= 15 is 0 Å². The fourth-order valence-corrected chi connectivity index (χ4v) is 8.97. The van der Waals surface area contributed by atoms with Gasteiger partial charge in [0.1, 0.15) is 26.6 Å². The SMILES string of the molecule is [2H]C1([2H])N(c2ccc3c(c2)[Si](C)(C)C2=CC(=[N+]4C([2H])([2H])C([2H])([2H])C([2H])([2H])C4([2H])[2H])C=CC2=C3c2cc(C(=O)ON3C(=O)CCC3=O)ccc2C(=O)O)C([2H])([2H])C([2H])([2H])C1([2H])[2H]. The van der Waals surface area contributed by atoms with Crippen molar-refractivity contribution >= 4 is 54.0 Å². The number of carboxylic acid groups (broad SMARTS) is 1. The largest absolute Gasteiger partial charge is 0.478 e. The molecule has 4 heterocycles. The molecule has 0 spiro atoms. The number of nitrogens with zero attached hydrogens (tertiary/aromatic N) is 3. The Morgan fingerprint density at radius 3 is 2.33 bits per heavy atom. The molecule has 9 nitrogen and oxygen atoms in total. The van der Waals surface area contributed by atoms with E-state index in [-0.39, 0.29) is 62.5 Å². The molecule has 1 N–H and O–H groups in total. The highest BCUT2D eigenvalue weighted by molar-refractivity contribution is 6.98. The normalized spacial score (nSPS) is 34.8. The van der Waals surface area contributed by atoms with Gasteiger partial charge in [-0.1, -0.05) is 19.2 Å². The maximum atomic E-state index is 13.4. The summed E-state index contributed by atoms with van der Waals surface area (Å²) in [6.07, 6.45) is -10.2. The van der Waals surface area contributed by atoms with E-state index < -0.39 is 88.9 Å². The second-order valence-electron chi connectivity index (χ2n) is 11.1. The summed E-state index contributed by atoms with van der Waals surface area (Å²) in [5.41, 5.74) is -1.07. The van der Waals surface area contributed by atoms with Crippen molar-refractivity contribution in [2.75, 3.05) is 30.9 Å². The van der Waals surface area contributed by atoms with Gasteiger partial charge in [-0.3, -0.25) is 9.59 Å². The molecule has 0 bridgehead atoms. The first-order chi connectivity index (χ1) is 27.7. The molecule has 2 aromatic carbocycles. The predicted octanol–water partition coefficient (Wildman–Crippen LogP) is 4.22. The minimum atomic E-state index is -3.48. The van der Waals surface area contributed by atoms with Crippen LogP contribution in [0.4, 0.5) is 5.69 Å². The van der Waals surface area contributed by atoms with Crippen molar-refractivity contribution < 1.29 is 55.6 Å². The van der Waals surface area contributed by atoms with Crippen molar-refractivity contribution in [1.82, 2.24) is 5.06 Å². The van der Waals surface area contributed by atoms with E-state index in [9.17, 15) is 24.3 Å². The number of fused-ring (bicyclic) bond motifs is 2. The fourth-order valence-electron chi connectivity index (χ4n) is 5.90. The van der Waals surface area contributed by atoms with Crippen molar-refractivity contribution in [3.05, 3.63) is 87.6 Å². The topological polar surface area (TPSA) is 107 Å². The highest BCUT2D eigenvalue weighted by Gasteiger charge is 2.42. The fraction of sp³-hybridized carbons (Fsp3) is 0.343. The van der Waals surface area contributed by atoms with E-state index in [4.69, 9.17) is 26.8 Å². The summed E-state index contributed by atoms with van der Waals surface area (Å²) < 4.78 is 137. The molecule has 0 atom stereocenters. The Hall–Kier alpha value is -4.57. The molecule has 230 valence electrons. The van der Waals surface area contributed by atoms with Gasteiger partial charge in [0.15, 0.2) is 5.71 Å². The first kappa shape index (κ1) is 16.1. The van der Waals surface area contributed by atoms with Crippen LogP contribution in [0, 0.1) is 0 Å². The van der Waals surface area contributed by atoms with Gasteiger partial charge in [0, 0.05) is 72.9 Å². The quantitative estimate of drug-likeness (QED) is 0.297. The number of aromatic carboxylic acids is 1. The van der Waals surface area contributed by atoms with Gasteiger partial charge in [-0.25, -0.2) is 14.2 Å². The van der Waals surface area contributed by atoms with Crippen LogP contribution < -0.4 is 10.1 Å². The van der Waals surface area contributed by atoms with Crippen LogP contribution >= 0.6 is 0 Å². The number of hydrogen-bond acceptors (Lipinski definition) is 6. The third-order valence-electron chi connectivity index (χ3n) is 8.14. The summed E-state index contributed by atoms with van der Waals surface area (Å²) in [4.78, 5) is 56.3. The van der Waals surface area contributed by atoms with E-state index in [1.807, 2.05) is 0 Å². The first-order valence-corrected chi connectivity index (χ1v) is 16.9. The zero-order valence-electron chi connectivity index (χ0n) is 39.9. The summed E-state index contributed by atoms with van der Waals surface area (Å²) >= 11 is 0. The molecule has 10 heteroatoms. The van der Waals surface area contributed by atoms with Gasteiger partial charge in [-0.15, -0.1) is 5.06 Å². The number of carbonyl (C=O) groups excluding carboxylic acids is 3. The number of carbonyl (C=O) groups is 4. The predicted molar refractivity (Wildman–Crippen MR) is 172 cm³/mol. The molecule has 3 fully saturated rings. The van der Waals surface area contributed by atoms with Crippen LogP contribution in [0.2, 0.25) is 13.1 Å². The second-order valence-corrected chi connectivity index (χ2v) is 15.4. The summed E-state index contributed by atoms with van der Waals surface area (Å²) in [6.45, 7) is -9.77. The molecule has 0 saturated carbocycles. The Morgan fingerprint density at radius 1 is 0.933 bits per heavy atom. The van der Waals surface area contributed by atoms with Crippen LogP contribution in [-0.2, 0) is 14.4 Å². The maximum Gasteiger partial charge on any atom is 0.363 e. The molecular weight excluding hydrogens is 586 g/mol. The number of hydrogen-bond donors (Lipinski definition) is 1. The highest BCUT2D eigenvalue weighted by Crippen LogP contribution is 2.43. The van der Waals surface area contributed by atoms with Gasteiger partial charge in [-0.05, 0) is 81.8 Å². The molecule has 7 rings (SSSR count). The van der Waals surface area contributed by atoms with Crippen molar-refractivity contribution in [2.24, 2.45) is 0 Å². The first-order valence-electron chi connectivity index (χ1n) is 21.9. The van der Waals surface area contributed by atoms with Crippen molar-refractivity contribution in [1.29, 1.82) is 0 Å². The van der Waals surface area contributed by atoms with Crippen molar-refractivity contribution in [3.8, 4) is 0 Å². The average Bonchev–Trinajstić information content (AvgIpc) is 3.51. The summed E-state index contributed by atoms with van der Waals surface area (Å²) in [5, 5.41) is 11.3. The van der Waals surface area contributed by atoms with E-state index in [2.05, 4.69) is 0 Å². The number of hydroxylamine groups is 2. The molecular formula is C35H36N3O6Si+. The van der Waals surface area contributed by atoms with Gasteiger partial charge in [0.25, 0.3) is 11.8 Å². The molecule has 5 aliphatic rings. The molecule has 2 amide bonds. The Kier molecular flexibility index (Phi) is 3.98. The zero-order chi connectivity index (χ0) is 45.8. The molecule has 3 saturated heterocycles. The molecule has 0 aromatic heterocycles. The lowest BCUT2D eigenvalue weighted by atomic mass is 9.86. The summed E-state index contributed by atoms with van der Waals surface area (Å²) in [7, 11) is -3.48. The zero-order valence-corrected chi connectivity index (χ0v) is 24.9. The van der Waals surface area contributed by atoms with Gasteiger partial charge in [0.2, 0.25) is 0 Å². The number of imide groups is 1. The van der Waals surface area contributed by atoms with E-state index in [1.54, 1.807) is 13.1 Å². The lowest BCUT2D eigenvalue weighted by molar-refractivity contribution is -0.504. The maximum absolute atomic E-state index is 13.4. The van der Waals surface area contributed by atoms with E-state index in [0.29, 0.717) is 14.5 Å². The molecule has 1 aliphatic carbocycles. The molecule has 2 aromatic rings. The standard InChI is InChI=1S/C35H35N3O6Si/c1-45(2)29-20-23(36-15-3-4-16-36)8-11-26(29)33(27-12-9-24(21-30(27)45)37-17-5-6-18-37)28-19-22(7-10-25(28)34(41)42)35(43)44-38-31(39)13-14-32(38)40/h7-12,19-21H,3-6,13-18H2,1-2H3/p+1/i3D2,4D2,5D2,6D2,15D2,16D2,17D2,18D2. The van der Waals surface area contributed by atoms with Crippen molar-refractivity contribution in [3.63, 3.8) is 0 Å². The van der Waals surface area contributed by atoms with Crippen LogP contribution in [0.5, 0.6) is 0 Å². The van der Waals surface area contributed by atoms with Gasteiger partial charge >= 0.3 is 11.9 Å². The number of carboxylic acids is 1. The van der Waals surface area contributed by atoms with Crippen LogP contribution in [-0.4, -0.2) is 78.3 Å². The second kappa shape index (κ2) is 11.1. The molecule has 4 aliphatic heterocycles. The lowest BCUT2D eigenvalue weighted by Crippen LogP contribution is -2.50. The summed E-state index contributed by atoms with van der Waals surface area (Å²) in [6, 6.07) is 7.09. The van der Waals surface area contributed by atoms with E-state index in [0.717, 1.165) is 18.2 Å². The van der Waals surface area contributed by atoms with Crippen LogP contribution in [0.25, 0.3) is 5.57 Å². The Balaban J connectivity index is 1.54. The Bertz CT molecular complexity index is 2460. The number of allylic oxidation sites excluding steroid dienone is 5. The van der Waals surface area contributed by atoms with Gasteiger partial charge < -0.3 is 14.8 Å². The van der Waals surface area contributed by atoms with Crippen LogP contribution in [0.3, 0.4) is 0 Å². The minimum Gasteiger partial charge on any atom is -0.478 e. The van der Waals surface area contributed by atoms with Crippen LogP contribution in [0.15, 0.2) is 65.4 Å². The third kappa shape index (κ3) is 4.97. The third-order valence-corrected chi connectivity index (χ3v) is 11.7.